The topological polar surface area (TPSA) is 50.8 Å². The van der Waals surface area contributed by atoms with Gasteiger partial charge in [0.2, 0.25) is 12.7 Å². The van der Waals surface area contributed by atoms with Gasteiger partial charge in [-0.3, -0.25) is 9.69 Å². The van der Waals surface area contributed by atoms with E-state index in [1.54, 1.807) is 6.07 Å². The molecular formula is C15H20N2O3. The molecule has 1 fully saturated rings. The molecule has 2 aliphatic heterocycles. The maximum Gasteiger partial charge on any atom is 0.238 e. The molecule has 0 aromatic heterocycles. The molecule has 3 rings (SSSR count). The van der Waals surface area contributed by atoms with Gasteiger partial charge in [-0.1, -0.05) is 6.42 Å². The summed E-state index contributed by atoms with van der Waals surface area (Å²) in [5.41, 5.74) is 0.754. The van der Waals surface area contributed by atoms with Crippen molar-refractivity contribution >= 4 is 11.6 Å². The summed E-state index contributed by atoms with van der Waals surface area (Å²) in [6, 6.07) is 5.96. The molecule has 2 heterocycles. The fourth-order valence-corrected chi connectivity index (χ4v) is 2.75. The van der Waals surface area contributed by atoms with E-state index in [4.69, 9.17) is 9.47 Å². The van der Waals surface area contributed by atoms with Gasteiger partial charge in [0, 0.05) is 17.8 Å². The third-order valence-corrected chi connectivity index (χ3v) is 3.94. The van der Waals surface area contributed by atoms with Crippen molar-refractivity contribution in [2.24, 2.45) is 0 Å². The molecule has 1 aromatic carbocycles. The van der Waals surface area contributed by atoms with Gasteiger partial charge in [-0.15, -0.1) is 0 Å². The first-order valence-electron chi connectivity index (χ1n) is 7.16. The third kappa shape index (κ3) is 2.88. The molecule has 0 unspecified atom stereocenters. The molecular weight excluding hydrogens is 256 g/mol. The number of ether oxygens (including phenoxy) is 2. The van der Waals surface area contributed by atoms with Crippen molar-refractivity contribution in [3.63, 3.8) is 0 Å². The van der Waals surface area contributed by atoms with Crippen LogP contribution in [-0.2, 0) is 4.79 Å². The van der Waals surface area contributed by atoms with Crippen LogP contribution in [-0.4, -0.2) is 36.7 Å². The van der Waals surface area contributed by atoms with Crippen LogP contribution in [0.1, 0.15) is 26.2 Å². The highest BCUT2D eigenvalue weighted by atomic mass is 16.7. The van der Waals surface area contributed by atoms with E-state index in [-0.39, 0.29) is 12.7 Å². The zero-order valence-electron chi connectivity index (χ0n) is 11.7. The lowest BCUT2D eigenvalue weighted by Gasteiger charge is -2.32. The highest BCUT2D eigenvalue weighted by Gasteiger charge is 2.21. The lowest BCUT2D eigenvalue weighted by molar-refractivity contribution is -0.118. The summed E-state index contributed by atoms with van der Waals surface area (Å²) in [7, 11) is 0. The lowest BCUT2D eigenvalue weighted by atomic mass is 10.0. The SMILES string of the molecule is C[C@@H]1CCCCN1CC(=O)Nc1ccc2c(c1)OCO2. The van der Waals surface area contributed by atoms with E-state index in [1.165, 1.54) is 19.3 Å². The molecule has 1 N–H and O–H groups in total. The normalized spacial score (nSPS) is 21.8. The number of benzene rings is 1. The van der Waals surface area contributed by atoms with Crippen LogP contribution in [0.3, 0.4) is 0 Å². The second-order valence-corrected chi connectivity index (χ2v) is 5.43. The second kappa shape index (κ2) is 5.71. The van der Waals surface area contributed by atoms with Crippen molar-refractivity contribution < 1.29 is 14.3 Å². The number of amides is 1. The Labute approximate surface area is 118 Å². The second-order valence-electron chi connectivity index (χ2n) is 5.43. The van der Waals surface area contributed by atoms with Crippen molar-refractivity contribution in [3.05, 3.63) is 18.2 Å². The maximum absolute atomic E-state index is 12.1. The van der Waals surface area contributed by atoms with E-state index in [0.29, 0.717) is 18.3 Å². The average Bonchev–Trinajstić information content (AvgIpc) is 2.89. The predicted octanol–water partition coefficient (Wildman–Crippen LogP) is 2.23. The highest BCUT2D eigenvalue weighted by Crippen LogP contribution is 2.34. The van der Waals surface area contributed by atoms with E-state index in [0.717, 1.165) is 18.0 Å². The molecule has 0 aliphatic carbocycles. The number of anilines is 1. The first-order chi connectivity index (χ1) is 9.72. The number of likely N-dealkylation sites (tertiary alicyclic amines) is 1. The molecule has 1 saturated heterocycles. The summed E-state index contributed by atoms with van der Waals surface area (Å²) in [4.78, 5) is 14.3. The number of hydrogen-bond acceptors (Lipinski definition) is 4. The zero-order chi connectivity index (χ0) is 13.9. The zero-order valence-corrected chi connectivity index (χ0v) is 11.7. The molecule has 5 nitrogen and oxygen atoms in total. The summed E-state index contributed by atoms with van der Waals surface area (Å²) in [6.07, 6.45) is 3.63. The number of rotatable bonds is 3. The van der Waals surface area contributed by atoms with Crippen LogP contribution in [0.15, 0.2) is 18.2 Å². The van der Waals surface area contributed by atoms with Crippen LogP contribution in [0.25, 0.3) is 0 Å². The Morgan fingerprint density at radius 2 is 2.20 bits per heavy atom. The molecule has 1 aromatic rings. The summed E-state index contributed by atoms with van der Waals surface area (Å²) in [6.45, 7) is 3.90. The minimum Gasteiger partial charge on any atom is -0.454 e. The Balaban J connectivity index is 1.58. The van der Waals surface area contributed by atoms with E-state index < -0.39 is 0 Å². The smallest absolute Gasteiger partial charge is 0.238 e. The molecule has 20 heavy (non-hydrogen) atoms. The van der Waals surface area contributed by atoms with E-state index in [9.17, 15) is 4.79 Å². The standard InChI is InChI=1S/C15H20N2O3/c1-11-4-2-3-7-17(11)9-15(18)16-12-5-6-13-14(8-12)20-10-19-13/h5-6,8,11H,2-4,7,9-10H2,1H3,(H,16,18)/t11-/m1/s1. The number of piperidine rings is 1. The average molecular weight is 276 g/mol. The first-order valence-corrected chi connectivity index (χ1v) is 7.16. The lowest BCUT2D eigenvalue weighted by Crippen LogP contribution is -2.42. The molecule has 5 heteroatoms. The summed E-state index contributed by atoms with van der Waals surface area (Å²) in [5.74, 6) is 1.44. The summed E-state index contributed by atoms with van der Waals surface area (Å²) < 4.78 is 10.6. The van der Waals surface area contributed by atoms with Crippen molar-refractivity contribution in [2.75, 3.05) is 25.2 Å². The fourth-order valence-electron chi connectivity index (χ4n) is 2.75. The monoisotopic (exact) mass is 276 g/mol. The molecule has 0 bridgehead atoms. The fraction of sp³-hybridized carbons (Fsp3) is 0.533. The van der Waals surface area contributed by atoms with Gasteiger partial charge in [0.05, 0.1) is 6.54 Å². The third-order valence-electron chi connectivity index (χ3n) is 3.94. The van der Waals surface area contributed by atoms with Crippen LogP contribution >= 0.6 is 0 Å². The first kappa shape index (κ1) is 13.2. The van der Waals surface area contributed by atoms with E-state index >= 15 is 0 Å². The van der Waals surface area contributed by atoms with Gasteiger partial charge < -0.3 is 14.8 Å². The van der Waals surface area contributed by atoms with Gasteiger partial charge in [-0.2, -0.15) is 0 Å². The Bertz CT molecular complexity index is 504. The number of fused-ring (bicyclic) bond motifs is 1. The number of nitrogens with one attached hydrogen (secondary N) is 1. The molecule has 0 radical (unpaired) electrons. The van der Waals surface area contributed by atoms with Crippen molar-refractivity contribution in [1.29, 1.82) is 0 Å². The summed E-state index contributed by atoms with van der Waals surface area (Å²) in [5, 5.41) is 2.92. The maximum atomic E-state index is 12.1. The van der Waals surface area contributed by atoms with Crippen molar-refractivity contribution in [2.45, 2.75) is 32.2 Å². The molecule has 0 saturated carbocycles. The molecule has 108 valence electrons. The quantitative estimate of drug-likeness (QED) is 0.919. The van der Waals surface area contributed by atoms with Gasteiger partial charge in [0.25, 0.3) is 0 Å². The van der Waals surface area contributed by atoms with Crippen LogP contribution in [0.2, 0.25) is 0 Å². The van der Waals surface area contributed by atoms with Crippen molar-refractivity contribution in [3.8, 4) is 11.5 Å². The Morgan fingerprint density at radius 3 is 3.05 bits per heavy atom. The van der Waals surface area contributed by atoms with Crippen LogP contribution in [0.5, 0.6) is 11.5 Å². The minimum absolute atomic E-state index is 0.0256. The summed E-state index contributed by atoms with van der Waals surface area (Å²) >= 11 is 0. The van der Waals surface area contributed by atoms with Crippen LogP contribution in [0, 0.1) is 0 Å². The largest absolute Gasteiger partial charge is 0.454 e. The van der Waals surface area contributed by atoms with Crippen molar-refractivity contribution in [1.82, 2.24) is 4.90 Å². The predicted molar refractivity (Wildman–Crippen MR) is 76.1 cm³/mol. The number of nitrogens with zero attached hydrogens (tertiary/aromatic N) is 1. The molecule has 0 spiro atoms. The Hall–Kier alpha value is -1.75. The van der Waals surface area contributed by atoms with Crippen LogP contribution < -0.4 is 14.8 Å². The van der Waals surface area contributed by atoms with E-state index in [1.807, 2.05) is 12.1 Å². The van der Waals surface area contributed by atoms with Gasteiger partial charge in [-0.25, -0.2) is 0 Å². The van der Waals surface area contributed by atoms with Crippen LogP contribution in [0.4, 0.5) is 5.69 Å². The van der Waals surface area contributed by atoms with Gasteiger partial charge >= 0.3 is 0 Å². The highest BCUT2D eigenvalue weighted by molar-refractivity contribution is 5.92. The Kier molecular flexibility index (Phi) is 3.78. The minimum atomic E-state index is 0.0256. The van der Waals surface area contributed by atoms with Gasteiger partial charge in [-0.05, 0) is 38.4 Å². The number of hydrogen-bond donors (Lipinski definition) is 1. The van der Waals surface area contributed by atoms with Gasteiger partial charge in [0.1, 0.15) is 0 Å². The molecule has 2 aliphatic rings. The van der Waals surface area contributed by atoms with Gasteiger partial charge in [0.15, 0.2) is 11.5 Å². The Morgan fingerprint density at radius 1 is 1.35 bits per heavy atom. The van der Waals surface area contributed by atoms with E-state index in [2.05, 4.69) is 17.1 Å². The molecule has 1 amide bonds. The molecule has 1 atom stereocenters. The number of carbonyl (C=O) groups is 1. The number of carbonyl (C=O) groups excluding carboxylic acids is 1.